The van der Waals surface area contributed by atoms with Crippen LogP contribution in [-0.4, -0.2) is 27.4 Å². The molecule has 0 saturated carbocycles. The van der Waals surface area contributed by atoms with Gasteiger partial charge in [0.1, 0.15) is 0 Å². The van der Waals surface area contributed by atoms with Gasteiger partial charge >= 0.3 is 0 Å². The van der Waals surface area contributed by atoms with Gasteiger partial charge in [-0.2, -0.15) is 0 Å². The van der Waals surface area contributed by atoms with Crippen LogP contribution in [0.25, 0.3) is 0 Å². The van der Waals surface area contributed by atoms with Crippen molar-refractivity contribution in [2.24, 2.45) is 5.92 Å². The molecule has 2 aliphatic rings. The molecule has 0 radical (unpaired) electrons. The summed E-state index contributed by atoms with van der Waals surface area (Å²) in [4.78, 5) is 0. The van der Waals surface area contributed by atoms with E-state index in [1.54, 1.807) is 14.2 Å². The van der Waals surface area contributed by atoms with Crippen LogP contribution in [0.2, 0.25) is 0 Å². The van der Waals surface area contributed by atoms with Crippen molar-refractivity contribution < 1.29 is 14.2 Å². The largest absolute Gasteiger partial charge is 0.493 e. The van der Waals surface area contributed by atoms with Crippen LogP contribution in [0.4, 0.5) is 0 Å². The first-order valence-corrected chi connectivity index (χ1v) is 5.66. The van der Waals surface area contributed by atoms with Gasteiger partial charge in [0.25, 0.3) is 0 Å². The number of hydrogen-bond acceptors (Lipinski definition) is 3. The topological polar surface area (TPSA) is 27.7 Å². The quantitative estimate of drug-likeness (QED) is 0.763. The van der Waals surface area contributed by atoms with Crippen molar-refractivity contribution in [1.29, 1.82) is 0 Å². The molecule has 1 aliphatic heterocycles. The fraction of sp³-hybridized carbons (Fsp3) is 0.538. The summed E-state index contributed by atoms with van der Waals surface area (Å²) in [5.41, 5.74) is 2.71. The van der Waals surface area contributed by atoms with Gasteiger partial charge in [-0.05, 0) is 24.0 Å². The van der Waals surface area contributed by atoms with E-state index in [-0.39, 0.29) is 0 Å². The molecule has 1 fully saturated rings. The lowest BCUT2D eigenvalue weighted by molar-refractivity contribution is 0.182. The summed E-state index contributed by atoms with van der Waals surface area (Å²) in [6, 6.07) is 4.16. The molecule has 1 aliphatic carbocycles. The number of hydrogen-bond donors (Lipinski definition) is 0. The lowest BCUT2D eigenvalue weighted by Crippen LogP contribution is -2.03. The van der Waals surface area contributed by atoms with E-state index < -0.39 is 0 Å². The van der Waals surface area contributed by atoms with Crippen LogP contribution in [0.5, 0.6) is 11.5 Å². The number of rotatable bonds is 2. The Labute approximate surface area is 95.3 Å². The highest BCUT2D eigenvalue weighted by atomic mass is 16.5. The van der Waals surface area contributed by atoms with Crippen molar-refractivity contribution in [2.75, 3.05) is 27.4 Å². The Balaban J connectivity index is 2.09. The molecule has 1 aromatic carbocycles. The second-order valence-corrected chi connectivity index (χ2v) is 4.48. The molecule has 86 valence electrons. The predicted molar refractivity (Wildman–Crippen MR) is 60.3 cm³/mol. The molecule has 3 rings (SSSR count). The number of ether oxygens (including phenoxy) is 3. The van der Waals surface area contributed by atoms with Crippen LogP contribution in [0.1, 0.15) is 17.0 Å². The van der Waals surface area contributed by atoms with Crippen molar-refractivity contribution in [3.8, 4) is 11.5 Å². The average Bonchev–Trinajstić information content (AvgIpc) is 2.87. The molecule has 0 amide bonds. The molecule has 1 heterocycles. The summed E-state index contributed by atoms with van der Waals surface area (Å²) in [7, 11) is 3.39. The SMILES string of the molecule is COc1ccc2c(c1OC)CC1COCC21. The number of benzene rings is 1. The highest BCUT2D eigenvalue weighted by Crippen LogP contribution is 2.48. The highest BCUT2D eigenvalue weighted by molar-refractivity contribution is 5.54. The predicted octanol–water partition coefficient (Wildman–Crippen LogP) is 1.99. The minimum Gasteiger partial charge on any atom is -0.493 e. The fourth-order valence-electron chi connectivity index (χ4n) is 2.97. The Kier molecular flexibility index (Phi) is 2.28. The molecule has 0 spiro atoms. The van der Waals surface area contributed by atoms with E-state index in [4.69, 9.17) is 14.2 Å². The van der Waals surface area contributed by atoms with Gasteiger partial charge in [-0.15, -0.1) is 0 Å². The molecule has 1 aromatic rings. The smallest absolute Gasteiger partial charge is 0.164 e. The normalized spacial score (nSPS) is 26.4. The maximum atomic E-state index is 5.53. The maximum Gasteiger partial charge on any atom is 0.164 e. The van der Waals surface area contributed by atoms with Crippen LogP contribution in [0.15, 0.2) is 12.1 Å². The first kappa shape index (κ1) is 9.97. The lowest BCUT2D eigenvalue weighted by atomic mass is 9.97. The molecule has 1 saturated heterocycles. The lowest BCUT2D eigenvalue weighted by Gasteiger charge is -2.13. The Bertz CT molecular complexity index is 414. The van der Waals surface area contributed by atoms with Crippen LogP contribution in [0.3, 0.4) is 0 Å². The van der Waals surface area contributed by atoms with E-state index >= 15 is 0 Å². The number of fused-ring (bicyclic) bond motifs is 3. The summed E-state index contributed by atoms with van der Waals surface area (Å²) >= 11 is 0. The zero-order chi connectivity index (χ0) is 11.1. The van der Waals surface area contributed by atoms with Crippen LogP contribution >= 0.6 is 0 Å². The molecule has 2 atom stereocenters. The zero-order valence-corrected chi connectivity index (χ0v) is 9.66. The molecule has 0 aromatic heterocycles. The standard InChI is InChI=1S/C13H16O3/c1-14-12-4-3-9-10(13(12)15-2)5-8-6-16-7-11(8)9/h3-4,8,11H,5-7H2,1-2H3. The van der Waals surface area contributed by atoms with E-state index in [0.717, 1.165) is 31.1 Å². The van der Waals surface area contributed by atoms with E-state index in [0.29, 0.717) is 11.8 Å². The average molecular weight is 220 g/mol. The third-order valence-corrected chi connectivity index (χ3v) is 3.75. The monoisotopic (exact) mass is 220 g/mol. The number of methoxy groups -OCH3 is 2. The summed E-state index contributed by atoms with van der Waals surface area (Å²) in [6.07, 6.45) is 1.06. The first-order chi connectivity index (χ1) is 7.85. The summed E-state index contributed by atoms with van der Waals surface area (Å²) in [6.45, 7) is 1.73. The Morgan fingerprint density at radius 2 is 2.06 bits per heavy atom. The minimum atomic E-state index is 0.565. The molecule has 16 heavy (non-hydrogen) atoms. The Morgan fingerprint density at radius 3 is 2.81 bits per heavy atom. The summed E-state index contributed by atoms with van der Waals surface area (Å²) in [5.74, 6) is 2.95. The summed E-state index contributed by atoms with van der Waals surface area (Å²) in [5, 5.41) is 0. The van der Waals surface area contributed by atoms with Crippen molar-refractivity contribution in [2.45, 2.75) is 12.3 Å². The fourth-order valence-corrected chi connectivity index (χ4v) is 2.97. The molecule has 3 nitrogen and oxygen atoms in total. The van der Waals surface area contributed by atoms with E-state index in [1.807, 2.05) is 6.07 Å². The van der Waals surface area contributed by atoms with Crippen LogP contribution in [-0.2, 0) is 11.2 Å². The Hall–Kier alpha value is -1.22. The summed E-state index contributed by atoms with van der Waals surface area (Å²) < 4.78 is 16.3. The Morgan fingerprint density at radius 1 is 1.19 bits per heavy atom. The highest BCUT2D eigenvalue weighted by Gasteiger charge is 2.39. The van der Waals surface area contributed by atoms with Gasteiger partial charge < -0.3 is 14.2 Å². The van der Waals surface area contributed by atoms with Gasteiger partial charge in [-0.1, -0.05) is 6.07 Å². The zero-order valence-electron chi connectivity index (χ0n) is 9.66. The van der Waals surface area contributed by atoms with Crippen LogP contribution < -0.4 is 9.47 Å². The van der Waals surface area contributed by atoms with Gasteiger partial charge in [0.2, 0.25) is 0 Å². The van der Waals surface area contributed by atoms with Gasteiger partial charge in [0.15, 0.2) is 11.5 Å². The van der Waals surface area contributed by atoms with Crippen molar-refractivity contribution in [3.63, 3.8) is 0 Å². The minimum absolute atomic E-state index is 0.565. The third kappa shape index (κ3) is 1.24. The van der Waals surface area contributed by atoms with Crippen LogP contribution in [0, 0.1) is 5.92 Å². The van der Waals surface area contributed by atoms with E-state index in [2.05, 4.69) is 6.07 Å². The third-order valence-electron chi connectivity index (χ3n) is 3.75. The van der Waals surface area contributed by atoms with Crippen molar-refractivity contribution in [1.82, 2.24) is 0 Å². The molecule has 0 bridgehead atoms. The van der Waals surface area contributed by atoms with Gasteiger partial charge in [0, 0.05) is 11.5 Å². The molecule has 2 unspecified atom stereocenters. The molecule has 3 heteroatoms. The molecular weight excluding hydrogens is 204 g/mol. The van der Waals surface area contributed by atoms with Crippen molar-refractivity contribution >= 4 is 0 Å². The second kappa shape index (κ2) is 3.67. The van der Waals surface area contributed by atoms with Gasteiger partial charge in [0.05, 0.1) is 27.4 Å². The second-order valence-electron chi connectivity index (χ2n) is 4.48. The van der Waals surface area contributed by atoms with Crippen molar-refractivity contribution in [3.05, 3.63) is 23.3 Å². The first-order valence-electron chi connectivity index (χ1n) is 5.66. The van der Waals surface area contributed by atoms with E-state index in [9.17, 15) is 0 Å². The molecular formula is C13H16O3. The van der Waals surface area contributed by atoms with E-state index in [1.165, 1.54) is 11.1 Å². The maximum absolute atomic E-state index is 5.53. The van der Waals surface area contributed by atoms with Gasteiger partial charge in [-0.3, -0.25) is 0 Å². The molecule has 0 N–H and O–H groups in total. The van der Waals surface area contributed by atoms with Gasteiger partial charge in [-0.25, -0.2) is 0 Å².